The first kappa shape index (κ1) is 9.64. The SMILES string of the molecule is CNc1ccnn1-c1ccc(F)c(F)c1. The summed E-state index contributed by atoms with van der Waals surface area (Å²) >= 11 is 0. The van der Waals surface area contributed by atoms with E-state index in [1.807, 2.05) is 0 Å². The van der Waals surface area contributed by atoms with E-state index in [2.05, 4.69) is 10.4 Å². The molecule has 1 aromatic carbocycles. The van der Waals surface area contributed by atoms with Crippen LogP contribution in [0.1, 0.15) is 0 Å². The van der Waals surface area contributed by atoms with Gasteiger partial charge < -0.3 is 5.32 Å². The molecule has 0 fully saturated rings. The van der Waals surface area contributed by atoms with Crippen LogP contribution in [0.4, 0.5) is 14.6 Å². The van der Waals surface area contributed by atoms with Crippen LogP contribution in [0, 0.1) is 11.6 Å². The summed E-state index contributed by atoms with van der Waals surface area (Å²) in [5.74, 6) is -1.04. The van der Waals surface area contributed by atoms with Crippen molar-refractivity contribution in [2.24, 2.45) is 0 Å². The molecule has 0 aliphatic heterocycles. The highest BCUT2D eigenvalue weighted by Crippen LogP contribution is 2.16. The minimum Gasteiger partial charge on any atom is -0.373 e. The lowest BCUT2D eigenvalue weighted by Crippen LogP contribution is -2.02. The molecule has 78 valence electrons. The zero-order valence-corrected chi connectivity index (χ0v) is 8.04. The van der Waals surface area contributed by atoms with Gasteiger partial charge in [-0.25, -0.2) is 13.5 Å². The Bertz CT molecular complexity index is 479. The zero-order valence-electron chi connectivity index (χ0n) is 8.04. The predicted molar refractivity (Wildman–Crippen MR) is 53.0 cm³/mol. The van der Waals surface area contributed by atoms with Gasteiger partial charge in [0, 0.05) is 19.2 Å². The Kier molecular flexibility index (Phi) is 2.37. The maximum atomic E-state index is 13.0. The van der Waals surface area contributed by atoms with Crippen LogP contribution in [0.15, 0.2) is 30.5 Å². The lowest BCUT2D eigenvalue weighted by Gasteiger charge is -2.06. The molecule has 0 bridgehead atoms. The van der Waals surface area contributed by atoms with Gasteiger partial charge in [0.25, 0.3) is 0 Å². The first-order valence-electron chi connectivity index (χ1n) is 4.39. The molecule has 2 rings (SSSR count). The van der Waals surface area contributed by atoms with Crippen molar-refractivity contribution in [2.75, 3.05) is 12.4 Å². The maximum absolute atomic E-state index is 13.0. The molecular weight excluding hydrogens is 200 g/mol. The van der Waals surface area contributed by atoms with Crippen molar-refractivity contribution in [3.63, 3.8) is 0 Å². The van der Waals surface area contributed by atoms with Gasteiger partial charge in [-0.2, -0.15) is 5.10 Å². The summed E-state index contributed by atoms with van der Waals surface area (Å²) in [6.07, 6.45) is 1.58. The molecule has 0 saturated heterocycles. The number of halogens is 2. The largest absolute Gasteiger partial charge is 0.373 e. The molecule has 3 nitrogen and oxygen atoms in total. The average molecular weight is 209 g/mol. The average Bonchev–Trinajstić information content (AvgIpc) is 2.70. The Labute approximate surface area is 85.3 Å². The molecule has 2 aromatic rings. The molecule has 0 saturated carbocycles. The molecule has 0 atom stereocenters. The number of benzene rings is 1. The molecular formula is C10H9F2N3. The predicted octanol–water partition coefficient (Wildman–Crippen LogP) is 2.19. The van der Waals surface area contributed by atoms with Crippen molar-refractivity contribution in [3.05, 3.63) is 42.1 Å². The molecule has 1 heterocycles. The standard InChI is InChI=1S/C10H9F2N3/c1-13-10-4-5-14-15(10)7-2-3-8(11)9(12)6-7/h2-6,13H,1H3. The molecule has 5 heteroatoms. The summed E-state index contributed by atoms with van der Waals surface area (Å²) in [4.78, 5) is 0. The Balaban J connectivity index is 2.50. The van der Waals surface area contributed by atoms with Crippen molar-refractivity contribution in [1.29, 1.82) is 0 Å². The van der Waals surface area contributed by atoms with Gasteiger partial charge >= 0.3 is 0 Å². The lowest BCUT2D eigenvalue weighted by atomic mass is 10.3. The van der Waals surface area contributed by atoms with E-state index in [-0.39, 0.29) is 0 Å². The second-order valence-corrected chi connectivity index (χ2v) is 2.98. The van der Waals surface area contributed by atoms with E-state index >= 15 is 0 Å². The second-order valence-electron chi connectivity index (χ2n) is 2.98. The van der Waals surface area contributed by atoms with Crippen LogP contribution in [0.2, 0.25) is 0 Å². The fraction of sp³-hybridized carbons (Fsp3) is 0.100. The lowest BCUT2D eigenvalue weighted by molar-refractivity contribution is 0.507. The Morgan fingerprint density at radius 1 is 1.20 bits per heavy atom. The van der Waals surface area contributed by atoms with Gasteiger partial charge in [-0.3, -0.25) is 0 Å². The van der Waals surface area contributed by atoms with E-state index in [0.29, 0.717) is 11.5 Å². The van der Waals surface area contributed by atoms with Crippen molar-refractivity contribution in [3.8, 4) is 5.69 Å². The Hall–Kier alpha value is -1.91. The first-order chi connectivity index (χ1) is 7.22. The highest BCUT2D eigenvalue weighted by atomic mass is 19.2. The summed E-state index contributed by atoms with van der Waals surface area (Å²) in [6, 6.07) is 5.38. The van der Waals surface area contributed by atoms with Crippen molar-refractivity contribution in [1.82, 2.24) is 9.78 Å². The summed E-state index contributed by atoms with van der Waals surface area (Å²) in [5, 5.41) is 6.89. The molecule has 0 spiro atoms. The van der Waals surface area contributed by atoms with E-state index in [0.717, 1.165) is 12.1 Å². The van der Waals surface area contributed by atoms with Crippen LogP contribution in [-0.2, 0) is 0 Å². The number of hydrogen-bond acceptors (Lipinski definition) is 2. The monoisotopic (exact) mass is 209 g/mol. The molecule has 0 aliphatic carbocycles. The van der Waals surface area contributed by atoms with Crippen molar-refractivity contribution in [2.45, 2.75) is 0 Å². The van der Waals surface area contributed by atoms with E-state index in [1.165, 1.54) is 10.7 Å². The number of nitrogens with one attached hydrogen (secondary N) is 1. The van der Waals surface area contributed by atoms with Gasteiger partial charge in [0.2, 0.25) is 0 Å². The van der Waals surface area contributed by atoms with Gasteiger partial charge in [0.05, 0.1) is 11.9 Å². The second kappa shape index (κ2) is 3.68. The third-order valence-corrected chi connectivity index (χ3v) is 2.05. The first-order valence-corrected chi connectivity index (χ1v) is 4.39. The van der Waals surface area contributed by atoms with E-state index in [1.54, 1.807) is 19.3 Å². The Morgan fingerprint density at radius 2 is 2.00 bits per heavy atom. The van der Waals surface area contributed by atoms with E-state index in [4.69, 9.17) is 0 Å². The van der Waals surface area contributed by atoms with E-state index < -0.39 is 11.6 Å². The van der Waals surface area contributed by atoms with Crippen LogP contribution >= 0.6 is 0 Å². The number of hydrogen-bond donors (Lipinski definition) is 1. The third-order valence-electron chi connectivity index (χ3n) is 2.05. The highest BCUT2D eigenvalue weighted by molar-refractivity contribution is 5.44. The summed E-state index contributed by atoms with van der Waals surface area (Å²) in [7, 11) is 1.73. The smallest absolute Gasteiger partial charge is 0.160 e. The van der Waals surface area contributed by atoms with Crippen molar-refractivity contribution >= 4 is 5.82 Å². The molecule has 1 aromatic heterocycles. The van der Waals surface area contributed by atoms with Crippen LogP contribution < -0.4 is 5.32 Å². The highest BCUT2D eigenvalue weighted by Gasteiger charge is 2.06. The fourth-order valence-corrected chi connectivity index (χ4v) is 1.32. The zero-order chi connectivity index (χ0) is 10.8. The van der Waals surface area contributed by atoms with E-state index in [9.17, 15) is 8.78 Å². The molecule has 15 heavy (non-hydrogen) atoms. The molecule has 0 aliphatic rings. The van der Waals surface area contributed by atoms with Crippen LogP contribution in [0.5, 0.6) is 0 Å². The van der Waals surface area contributed by atoms with Gasteiger partial charge in [0.15, 0.2) is 11.6 Å². The number of rotatable bonds is 2. The van der Waals surface area contributed by atoms with Crippen LogP contribution in [-0.4, -0.2) is 16.8 Å². The van der Waals surface area contributed by atoms with Crippen molar-refractivity contribution < 1.29 is 8.78 Å². The topological polar surface area (TPSA) is 29.9 Å². The quantitative estimate of drug-likeness (QED) is 0.821. The maximum Gasteiger partial charge on any atom is 0.160 e. The van der Waals surface area contributed by atoms with Gasteiger partial charge in [-0.1, -0.05) is 0 Å². The number of nitrogens with zero attached hydrogens (tertiary/aromatic N) is 2. The summed E-state index contributed by atoms with van der Waals surface area (Å²) in [5.41, 5.74) is 0.475. The van der Waals surface area contributed by atoms with Gasteiger partial charge in [0.1, 0.15) is 5.82 Å². The molecule has 0 amide bonds. The summed E-state index contributed by atoms with van der Waals surface area (Å²) < 4.78 is 27.2. The minimum atomic E-state index is -0.884. The fourth-order valence-electron chi connectivity index (χ4n) is 1.32. The van der Waals surface area contributed by atoms with Crippen LogP contribution in [0.25, 0.3) is 5.69 Å². The number of anilines is 1. The molecule has 0 radical (unpaired) electrons. The molecule has 0 unspecified atom stereocenters. The number of aromatic nitrogens is 2. The van der Waals surface area contributed by atoms with Crippen LogP contribution in [0.3, 0.4) is 0 Å². The minimum absolute atomic E-state index is 0.475. The molecule has 1 N–H and O–H groups in total. The summed E-state index contributed by atoms with van der Waals surface area (Å²) in [6.45, 7) is 0. The third kappa shape index (κ3) is 1.68. The van der Waals surface area contributed by atoms with Gasteiger partial charge in [-0.05, 0) is 12.1 Å². The normalized spacial score (nSPS) is 10.3. The van der Waals surface area contributed by atoms with Gasteiger partial charge in [-0.15, -0.1) is 0 Å². The Morgan fingerprint density at radius 3 is 2.67 bits per heavy atom.